The molecule has 1 N–H and O–H groups in total. The highest BCUT2D eigenvalue weighted by Gasteiger charge is 2.12. The van der Waals surface area contributed by atoms with Gasteiger partial charge in [0.15, 0.2) is 0 Å². The van der Waals surface area contributed by atoms with E-state index in [0.717, 1.165) is 24.3 Å². The molecule has 0 unspecified atom stereocenters. The summed E-state index contributed by atoms with van der Waals surface area (Å²) in [6.45, 7) is 6.72. The zero-order chi connectivity index (χ0) is 18.8. The van der Waals surface area contributed by atoms with Crippen molar-refractivity contribution >= 4 is 17.7 Å². The first kappa shape index (κ1) is 20.4. The van der Waals surface area contributed by atoms with Crippen molar-refractivity contribution in [3.63, 3.8) is 0 Å². The lowest BCUT2D eigenvalue weighted by Gasteiger charge is -2.13. The van der Waals surface area contributed by atoms with E-state index in [1.54, 1.807) is 11.8 Å². The highest BCUT2D eigenvalue weighted by atomic mass is 32.2. The lowest BCUT2D eigenvalue weighted by molar-refractivity contribution is -0.120. The number of ether oxygens (including phenoxy) is 1. The van der Waals surface area contributed by atoms with Gasteiger partial charge in [0, 0.05) is 12.3 Å². The molecule has 0 aromatic heterocycles. The van der Waals surface area contributed by atoms with Crippen molar-refractivity contribution in [1.29, 1.82) is 0 Å². The molecule has 1 atom stereocenters. The summed E-state index contributed by atoms with van der Waals surface area (Å²) in [4.78, 5) is 12.2. The summed E-state index contributed by atoms with van der Waals surface area (Å²) < 4.78 is 5.72. The van der Waals surface area contributed by atoms with Gasteiger partial charge in [-0.2, -0.15) is 0 Å². The monoisotopic (exact) mass is 371 g/mol. The SMILES string of the molecule is CC(C)Oc1cccc(CCCNC(=O)[C@H](C)SCc2ccccc2)c1. The van der Waals surface area contributed by atoms with E-state index in [1.807, 2.05) is 51.1 Å². The second kappa shape index (κ2) is 10.9. The maximum atomic E-state index is 12.2. The highest BCUT2D eigenvalue weighted by Crippen LogP contribution is 2.18. The Kier molecular flexibility index (Phi) is 8.56. The Balaban J connectivity index is 1.66. The number of thioether (sulfide) groups is 1. The Morgan fingerprint density at radius 2 is 1.77 bits per heavy atom. The molecule has 2 rings (SSSR count). The molecular formula is C22H29NO2S. The number of carbonyl (C=O) groups excluding carboxylic acids is 1. The molecule has 26 heavy (non-hydrogen) atoms. The number of amides is 1. The number of aryl methyl sites for hydroxylation is 1. The molecule has 0 saturated heterocycles. The predicted octanol–water partition coefficient (Wildman–Crippen LogP) is 4.84. The van der Waals surface area contributed by atoms with Crippen LogP contribution >= 0.6 is 11.8 Å². The summed E-state index contributed by atoms with van der Waals surface area (Å²) >= 11 is 1.67. The quantitative estimate of drug-likeness (QED) is 0.607. The number of carbonyl (C=O) groups is 1. The van der Waals surface area contributed by atoms with E-state index >= 15 is 0 Å². The van der Waals surface area contributed by atoms with Crippen LogP contribution in [0.2, 0.25) is 0 Å². The van der Waals surface area contributed by atoms with Gasteiger partial charge in [-0.1, -0.05) is 42.5 Å². The van der Waals surface area contributed by atoms with E-state index in [2.05, 4.69) is 29.6 Å². The molecule has 0 fully saturated rings. The number of hydrogen-bond acceptors (Lipinski definition) is 3. The number of nitrogens with one attached hydrogen (secondary N) is 1. The van der Waals surface area contributed by atoms with Crippen molar-refractivity contribution in [2.45, 2.75) is 50.7 Å². The van der Waals surface area contributed by atoms with Gasteiger partial charge < -0.3 is 10.1 Å². The van der Waals surface area contributed by atoms with Crippen LogP contribution in [0.4, 0.5) is 0 Å². The van der Waals surface area contributed by atoms with Crippen molar-refractivity contribution in [3.8, 4) is 5.75 Å². The summed E-state index contributed by atoms with van der Waals surface area (Å²) in [7, 11) is 0. The van der Waals surface area contributed by atoms with E-state index in [0.29, 0.717) is 6.54 Å². The Morgan fingerprint density at radius 1 is 1.04 bits per heavy atom. The van der Waals surface area contributed by atoms with Gasteiger partial charge in [-0.3, -0.25) is 4.79 Å². The van der Waals surface area contributed by atoms with Crippen LogP contribution in [-0.2, 0) is 17.0 Å². The van der Waals surface area contributed by atoms with Crippen LogP contribution < -0.4 is 10.1 Å². The van der Waals surface area contributed by atoms with Crippen LogP contribution in [0.1, 0.15) is 38.3 Å². The molecule has 1 amide bonds. The third kappa shape index (κ3) is 7.52. The fourth-order valence-corrected chi connectivity index (χ4v) is 3.44. The summed E-state index contributed by atoms with van der Waals surface area (Å²) in [5, 5.41) is 3.00. The standard InChI is InChI=1S/C22H29NO2S/c1-17(2)25-21-13-7-11-19(15-21)12-8-14-23-22(24)18(3)26-16-20-9-5-4-6-10-20/h4-7,9-11,13,15,17-18H,8,12,14,16H2,1-3H3,(H,23,24)/t18-/m0/s1. The van der Waals surface area contributed by atoms with Gasteiger partial charge >= 0.3 is 0 Å². The third-order valence-electron chi connectivity index (χ3n) is 3.92. The van der Waals surface area contributed by atoms with Crippen LogP contribution in [0.25, 0.3) is 0 Å². The molecule has 0 bridgehead atoms. The summed E-state index contributed by atoms with van der Waals surface area (Å²) in [6.07, 6.45) is 2.04. The number of rotatable bonds is 10. The maximum absolute atomic E-state index is 12.2. The van der Waals surface area contributed by atoms with Crippen LogP contribution in [-0.4, -0.2) is 23.8 Å². The molecule has 2 aromatic carbocycles. The Morgan fingerprint density at radius 3 is 2.50 bits per heavy atom. The minimum atomic E-state index is -0.0435. The Hall–Kier alpha value is -1.94. The summed E-state index contributed by atoms with van der Waals surface area (Å²) in [6, 6.07) is 18.4. The van der Waals surface area contributed by atoms with Crippen molar-refractivity contribution in [3.05, 3.63) is 65.7 Å². The largest absolute Gasteiger partial charge is 0.491 e. The van der Waals surface area contributed by atoms with Gasteiger partial charge in [0.05, 0.1) is 11.4 Å². The van der Waals surface area contributed by atoms with E-state index in [-0.39, 0.29) is 17.3 Å². The van der Waals surface area contributed by atoms with E-state index in [9.17, 15) is 4.79 Å². The number of hydrogen-bond donors (Lipinski definition) is 1. The van der Waals surface area contributed by atoms with Crippen LogP contribution in [0.5, 0.6) is 5.75 Å². The molecule has 140 valence electrons. The minimum absolute atomic E-state index is 0.0435. The van der Waals surface area contributed by atoms with Gasteiger partial charge in [-0.05, 0) is 56.9 Å². The Bertz CT molecular complexity index is 673. The zero-order valence-electron chi connectivity index (χ0n) is 15.9. The first-order chi connectivity index (χ1) is 12.5. The van der Waals surface area contributed by atoms with Gasteiger partial charge in [-0.15, -0.1) is 11.8 Å². The average molecular weight is 372 g/mol. The molecule has 4 heteroatoms. The van der Waals surface area contributed by atoms with Crippen LogP contribution in [0.3, 0.4) is 0 Å². The topological polar surface area (TPSA) is 38.3 Å². The normalized spacial score (nSPS) is 12.0. The molecule has 2 aromatic rings. The molecule has 0 radical (unpaired) electrons. The molecule has 0 aliphatic heterocycles. The fraction of sp³-hybridized carbons (Fsp3) is 0.409. The van der Waals surface area contributed by atoms with Crippen molar-refractivity contribution < 1.29 is 9.53 Å². The first-order valence-corrected chi connectivity index (χ1v) is 10.3. The first-order valence-electron chi connectivity index (χ1n) is 9.23. The van der Waals surface area contributed by atoms with E-state index < -0.39 is 0 Å². The maximum Gasteiger partial charge on any atom is 0.232 e. The van der Waals surface area contributed by atoms with Gasteiger partial charge in [0.2, 0.25) is 5.91 Å². The number of benzene rings is 2. The molecule has 0 aliphatic carbocycles. The van der Waals surface area contributed by atoms with Crippen molar-refractivity contribution in [2.24, 2.45) is 0 Å². The predicted molar refractivity (Wildman–Crippen MR) is 111 cm³/mol. The van der Waals surface area contributed by atoms with Gasteiger partial charge in [-0.25, -0.2) is 0 Å². The highest BCUT2D eigenvalue weighted by molar-refractivity contribution is 7.99. The molecule has 3 nitrogen and oxygen atoms in total. The van der Waals surface area contributed by atoms with Gasteiger partial charge in [0.25, 0.3) is 0 Å². The Labute approximate surface area is 161 Å². The summed E-state index contributed by atoms with van der Waals surface area (Å²) in [5.74, 6) is 1.88. The van der Waals surface area contributed by atoms with E-state index in [1.165, 1.54) is 11.1 Å². The fourth-order valence-electron chi connectivity index (χ4n) is 2.57. The second-order valence-electron chi connectivity index (χ2n) is 6.65. The second-order valence-corrected chi connectivity index (χ2v) is 7.98. The van der Waals surface area contributed by atoms with E-state index in [4.69, 9.17) is 4.74 Å². The summed E-state index contributed by atoms with van der Waals surface area (Å²) in [5.41, 5.74) is 2.49. The molecular weight excluding hydrogens is 342 g/mol. The van der Waals surface area contributed by atoms with Crippen molar-refractivity contribution in [1.82, 2.24) is 5.32 Å². The zero-order valence-corrected chi connectivity index (χ0v) is 16.7. The lowest BCUT2D eigenvalue weighted by atomic mass is 10.1. The smallest absolute Gasteiger partial charge is 0.232 e. The van der Waals surface area contributed by atoms with Crippen LogP contribution in [0, 0.1) is 0 Å². The minimum Gasteiger partial charge on any atom is -0.491 e. The van der Waals surface area contributed by atoms with Crippen molar-refractivity contribution in [2.75, 3.05) is 6.54 Å². The van der Waals surface area contributed by atoms with Crippen LogP contribution in [0.15, 0.2) is 54.6 Å². The third-order valence-corrected chi connectivity index (χ3v) is 5.14. The molecule has 0 saturated carbocycles. The van der Waals surface area contributed by atoms with Gasteiger partial charge in [0.1, 0.15) is 5.75 Å². The molecule has 0 aliphatic rings. The molecule has 0 spiro atoms. The lowest BCUT2D eigenvalue weighted by Crippen LogP contribution is -2.31. The molecule has 0 heterocycles. The average Bonchev–Trinajstić information content (AvgIpc) is 2.63.